The van der Waals surface area contributed by atoms with Gasteiger partial charge in [0.05, 0.1) is 23.2 Å². The van der Waals surface area contributed by atoms with Gasteiger partial charge < -0.3 is 20.5 Å². The smallest absolute Gasteiger partial charge is 0.252 e. The van der Waals surface area contributed by atoms with Crippen LogP contribution in [0.15, 0.2) is 36.4 Å². The molecule has 2 rings (SSSR count). The summed E-state index contributed by atoms with van der Waals surface area (Å²) < 4.78 is 5.10. The van der Waals surface area contributed by atoms with Crippen LogP contribution in [-0.4, -0.2) is 36.6 Å². The molecule has 2 amide bonds. The molecule has 0 spiro atoms. The number of hydrogen-bond donors (Lipinski definition) is 3. The Kier molecular flexibility index (Phi) is 7.50. The molecule has 0 unspecified atom stereocenters. The molecule has 0 fully saturated rings. The third-order valence-corrected chi connectivity index (χ3v) is 4.39. The van der Waals surface area contributed by atoms with Crippen molar-refractivity contribution in [1.29, 1.82) is 5.26 Å². The first-order chi connectivity index (χ1) is 13.3. The van der Waals surface area contributed by atoms with Crippen LogP contribution in [0.4, 0.5) is 0 Å². The van der Waals surface area contributed by atoms with E-state index in [1.807, 2.05) is 0 Å². The van der Waals surface area contributed by atoms with Crippen LogP contribution in [0.3, 0.4) is 0 Å². The van der Waals surface area contributed by atoms with E-state index in [9.17, 15) is 14.7 Å². The van der Waals surface area contributed by atoms with Gasteiger partial charge in [-0.05, 0) is 35.9 Å². The normalized spacial score (nSPS) is 11.2. The second kappa shape index (κ2) is 9.83. The number of nitrogens with zero attached hydrogens (tertiary/aromatic N) is 1. The zero-order valence-corrected chi connectivity index (χ0v) is 16.3. The summed E-state index contributed by atoms with van der Waals surface area (Å²) in [6.07, 6.45) is 0.0483. The molecule has 0 saturated heterocycles. The molecule has 146 valence electrons. The molecule has 0 aliphatic heterocycles. The van der Waals surface area contributed by atoms with Crippen LogP contribution in [0.5, 0.6) is 11.5 Å². The maximum Gasteiger partial charge on any atom is 0.252 e. The van der Waals surface area contributed by atoms with Gasteiger partial charge >= 0.3 is 0 Å². The minimum Gasteiger partial charge on any atom is -0.505 e. The topological polar surface area (TPSA) is 111 Å². The second-order valence-electron chi connectivity index (χ2n) is 5.75. The van der Waals surface area contributed by atoms with Crippen molar-refractivity contribution < 1.29 is 19.4 Å². The summed E-state index contributed by atoms with van der Waals surface area (Å²) in [7, 11) is 1.48. The molecular formula is C19H17Cl2N3O4. The number of carbonyl (C=O) groups is 2. The number of ether oxygens (including phenoxy) is 1. The highest BCUT2D eigenvalue weighted by atomic mass is 35.5. The molecule has 0 radical (unpaired) electrons. The first-order valence-electron chi connectivity index (χ1n) is 8.12. The first kappa shape index (κ1) is 21.4. The lowest BCUT2D eigenvalue weighted by molar-refractivity contribution is -0.122. The number of phenolic OH excluding ortho intramolecular Hbond substituents is 1. The summed E-state index contributed by atoms with van der Waals surface area (Å²) in [5.74, 6) is -0.807. The van der Waals surface area contributed by atoms with E-state index in [1.165, 1.54) is 25.3 Å². The summed E-state index contributed by atoms with van der Waals surface area (Å²) in [6.45, 7) is -0.207. The number of hydrogen-bond acceptors (Lipinski definition) is 5. The standard InChI is InChI=1S/C19H17Cl2N3O4/c1-28-13-4-2-3-12(10-13)18(26)24-16(19(27)23-6-5-22)9-11-7-14(20)17(25)15(21)8-11/h2-4,7-8,10,16,25H,6,9H2,1H3,(H,23,27)(H,24,26)/t16-/m0/s1. The van der Waals surface area contributed by atoms with Gasteiger partial charge in [0.15, 0.2) is 5.75 Å². The largest absolute Gasteiger partial charge is 0.505 e. The number of amides is 2. The Morgan fingerprint density at radius 1 is 1.25 bits per heavy atom. The van der Waals surface area contributed by atoms with Gasteiger partial charge in [-0.3, -0.25) is 9.59 Å². The molecule has 0 aliphatic rings. The highest BCUT2D eigenvalue weighted by Gasteiger charge is 2.23. The minimum atomic E-state index is -0.997. The second-order valence-corrected chi connectivity index (χ2v) is 6.56. The van der Waals surface area contributed by atoms with Gasteiger partial charge in [0.25, 0.3) is 5.91 Å². The summed E-state index contributed by atoms with van der Waals surface area (Å²) >= 11 is 11.8. The van der Waals surface area contributed by atoms with Crippen LogP contribution in [0.25, 0.3) is 0 Å². The fraction of sp³-hybridized carbons (Fsp3) is 0.211. The van der Waals surface area contributed by atoms with E-state index in [-0.39, 0.29) is 28.8 Å². The van der Waals surface area contributed by atoms with Crippen molar-refractivity contribution in [3.63, 3.8) is 0 Å². The summed E-state index contributed by atoms with van der Waals surface area (Å²) in [6, 6.07) is 10.2. The molecular weight excluding hydrogens is 405 g/mol. The quantitative estimate of drug-likeness (QED) is 0.595. The van der Waals surface area contributed by atoms with Crippen molar-refractivity contribution >= 4 is 35.0 Å². The fourth-order valence-corrected chi connectivity index (χ4v) is 2.97. The van der Waals surface area contributed by atoms with Crippen LogP contribution in [0, 0.1) is 11.3 Å². The molecule has 0 aromatic heterocycles. The number of methoxy groups -OCH3 is 1. The molecule has 1 atom stereocenters. The van der Waals surface area contributed by atoms with Gasteiger partial charge in [0.1, 0.15) is 18.3 Å². The zero-order valence-electron chi connectivity index (χ0n) is 14.8. The average molecular weight is 422 g/mol. The van der Waals surface area contributed by atoms with Crippen molar-refractivity contribution in [1.82, 2.24) is 10.6 Å². The third kappa shape index (κ3) is 5.52. The third-order valence-electron chi connectivity index (χ3n) is 3.81. The Bertz CT molecular complexity index is 905. The number of carbonyl (C=O) groups excluding carboxylic acids is 2. The number of nitriles is 1. The molecule has 2 aromatic carbocycles. The van der Waals surface area contributed by atoms with Crippen molar-refractivity contribution in [2.24, 2.45) is 0 Å². The van der Waals surface area contributed by atoms with E-state index < -0.39 is 17.9 Å². The first-order valence-corrected chi connectivity index (χ1v) is 8.87. The van der Waals surface area contributed by atoms with Crippen molar-refractivity contribution in [3.8, 4) is 17.6 Å². The lowest BCUT2D eigenvalue weighted by Crippen LogP contribution is -2.48. The number of phenols is 1. The Hall–Kier alpha value is -2.95. The van der Waals surface area contributed by atoms with Gasteiger partial charge in [-0.15, -0.1) is 0 Å². The van der Waals surface area contributed by atoms with Crippen LogP contribution in [-0.2, 0) is 11.2 Å². The lowest BCUT2D eigenvalue weighted by Gasteiger charge is -2.18. The van der Waals surface area contributed by atoms with Crippen LogP contribution in [0.2, 0.25) is 10.0 Å². The SMILES string of the molecule is COc1cccc(C(=O)N[C@@H](Cc2cc(Cl)c(O)c(Cl)c2)C(=O)NCC#N)c1. The highest BCUT2D eigenvalue weighted by molar-refractivity contribution is 6.37. The van der Waals surface area contributed by atoms with Gasteiger partial charge in [-0.2, -0.15) is 5.26 Å². The number of halogens is 2. The van der Waals surface area contributed by atoms with Crippen molar-refractivity contribution in [3.05, 3.63) is 57.6 Å². The summed E-state index contributed by atoms with van der Waals surface area (Å²) in [4.78, 5) is 25.0. The van der Waals surface area contributed by atoms with Gasteiger partial charge in [-0.1, -0.05) is 29.3 Å². The number of rotatable bonds is 7. The molecule has 0 heterocycles. The van der Waals surface area contributed by atoms with Crippen molar-refractivity contribution in [2.45, 2.75) is 12.5 Å². The fourth-order valence-electron chi connectivity index (χ4n) is 2.44. The number of aromatic hydroxyl groups is 1. The molecule has 3 N–H and O–H groups in total. The predicted octanol–water partition coefficient (Wildman–Crippen LogP) is 2.69. The van der Waals surface area contributed by atoms with E-state index >= 15 is 0 Å². The van der Waals surface area contributed by atoms with E-state index in [1.54, 1.807) is 24.3 Å². The minimum absolute atomic E-state index is 0.0257. The number of benzene rings is 2. The highest BCUT2D eigenvalue weighted by Crippen LogP contribution is 2.33. The Morgan fingerprint density at radius 2 is 1.93 bits per heavy atom. The van der Waals surface area contributed by atoms with Crippen LogP contribution < -0.4 is 15.4 Å². The maximum atomic E-state index is 12.6. The zero-order chi connectivity index (χ0) is 20.7. The number of nitrogens with one attached hydrogen (secondary N) is 2. The van der Waals surface area contributed by atoms with E-state index in [0.717, 1.165) is 0 Å². The van der Waals surface area contributed by atoms with Crippen LogP contribution in [0.1, 0.15) is 15.9 Å². The summed E-state index contributed by atoms with van der Waals surface area (Å²) in [5, 5.41) is 23.5. The van der Waals surface area contributed by atoms with E-state index in [4.69, 9.17) is 33.2 Å². The Labute approximate surface area is 171 Å². The van der Waals surface area contributed by atoms with Crippen molar-refractivity contribution in [2.75, 3.05) is 13.7 Å². The van der Waals surface area contributed by atoms with Gasteiger partial charge in [0.2, 0.25) is 5.91 Å². The Balaban J connectivity index is 2.25. The molecule has 0 saturated carbocycles. The Morgan fingerprint density at radius 3 is 2.54 bits per heavy atom. The molecule has 28 heavy (non-hydrogen) atoms. The monoisotopic (exact) mass is 421 g/mol. The average Bonchev–Trinajstić information content (AvgIpc) is 2.69. The van der Waals surface area contributed by atoms with E-state index in [0.29, 0.717) is 16.9 Å². The van der Waals surface area contributed by atoms with Gasteiger partial charge in [0, 0.05) is 12.0 Å². The molecule has 9 heteroatoms. The molecule has 0 bridgehead atoms. The van der Waals surface area contributed by atoms with Crippen LogP contribution >= 0.6 is 23.2 Å². The summed E-state index contributed by atoms with van der Waals surface area (Å²) in [5.41, 5.74) is 0.829. The van der Waals surface area contributed by atoms with E-state index in [2.05, 4.69) is 10.6 Å². The predicted molar refractivity (Wildman–Crippen MR) is 105 cm³/mol. The molecule has 2 aromatic rings. The molecule has 0 aliphatic carbocycles. The van der Waals surface area contributed by atoms with Gasteiger partial charge in [-0.25, -0.2) is 0 Å². The maximum absolute atomic E-state index is 12.6. The lowest BCUT2D eigenvalue weighted by atomic mass is 10.0. The molecule has 7 nitrogen and oxygen atoms in total.